The second-order valence-electron chi connectivity index (χ2n) is 10.4. The number of nitrogen functional groups attached to an aromatic ring is 1. The normalized spacial score (nSPS) is 14.7. The number of halogens is 1. The Labute approximate surface area is 271 Å². The van der Waals surface area contributed by atoms with Crippen molar-refractivity contribution in [1.29, 1.82) is 0 Å². The van der Waals surface area contributed by atoms with Gasteiger partial charge in [-0.1, -0.05) is 23.4 Å². The molecular weight excluding hydrogens is 664 g/mol. The Morgan fingerprint density at radius 2 is 2.00 bits per heavy atom. The number of carbonyl (C=O) groups is 2. The molecule has 6 rings (SSSR count). The SMILES string of the molecule is CCOc1cc(/C=N/NC(=O)c2nnn(-c3nonc3N)c2CN2CCCc3ccccc32)cc(Br)c1OC(=O)N1CCOCC1. The van der Waals surface area contributed by atoms with Crippen LogP contribution in [-0.2, 0) is 17.7 Å². The van der Waals surface area contributed by atoms with E-state index in [9.17, 15) is 9.59 Å². The molecule has 0 atom stereocenters. The van der Waals surface area contributed by atoms with Gasteiger partial charge in [0.25, 0.3) is 5.91 Å². The number of hydrogen-bond acceptors (Lipinski definition) is 13. The summed E-state index contributed by atoms with van der Waals surface area (Å²) in [6, 6.07) is 11.5. The molecule has 2 aliphatic rings. The molecule has 1 saturated heterocycles. The maximum Gasteiger partial charge on any atom is 0.415 e. The summed E-state index contributed by atoms with van der Waals surface area (Å²) >= 11 is 3.47. The number of nitrogens with two attached hydrogens (primary N) is 1. The second kappa shape index (κ2) is 13.9. The lowest BCUT2D eigenvalue weighted by Gasteiger charge is -2.31. The van der Waals surface area contributed by atoms with E-state index in [0.717, 1.165) is 25.1 Å². The van der Waals surface area contributed by atoms with Gasteiger partial charge in [0.1, 0.15) is 0 Å². The fourth-order valence-electron chi connectivity index (χ4n) is 5.22. The summed E-state index contributed by atoms with van der Waals surface area (Å²) in [5, 5.41) is 19.9. The molecule has 16 nitrogen and oxygen atoms in total. The molecule has 2 aliphatic heterocycles. The summed E-state index contributed by atoms with van der Waals surface area (Å²) in [7, 11) is 0. The number of rotatable bonds is 9. The fourth-order valence-corrected chi connectivity index (χ4v) is 5.77. The van der Waals surface area contributed by atoms with E-state index >= 15 is 0 Å². The summed E-state index contributed by atoms with van der Waals surface area (Å²) in [4.78, 5) is 29.9. The minimum absolute atomic E-state index is 0.00456. The Morgan fingerprint density at radius 1 is 1.17 bits per heavy atom. The zero-order chi connectivity index (χ0) is 32.0. The van der Waals surface area contributed by atoms with Gasteiger partial charge in [0.2, 0.25) is 11.6 Å². The van der Waals surface area contributed by atoms with Crippen LogP contribution >= 0.6 is 15.9 Å². The van der Waals surface area contributed by atoms with Gasteiger partial charge in [0.05, 0.1) is 42.7 Å². The molecule has 2 amide bonds. The van der Waals surface area contributed by atoms with Crippen LogP contribution < -0.4 is 25.5 Å². The van der Waals surface area contributed by atoms with E-state index in [1.165, 1.54) is 16.5 Å². The number of morpholine rings is 1. The highest BCUT2D eigenvalue weighted by molar-refractivity contribution is 9.10. The number of ether oxygens (including phenoxy) is 3. The third kappa shape index (κ3) is 6.64. The van der Waals surface area contributed by atoms with E-state index in [4.69, 9.17) is 24.6 Å². The monoisotopic (exact) mass is 694 g/mol. The van der Waals surface area contributed by atoms with Crippen molar-refractivity contribution < 1.29 is 28.4 Å². The lowest BCUT2D eigenvalue weighted by molar-refractivity contribution is 0.0412. The third-order valence-corrected chi connectivity index (χ3v) is 7.98. The number of carbonyl (C=O) groups excluding carboxylic acids is 2. The third-order valence-electron chi connectivity index (χ3n) is 7.39. The first-order valence-electron chi connectivity index (χ1n) is 14.6. The zero-order valence-electron chi connectivity index (χ0n) is 24.9. The number of hydrogen-bond donors (Lipinski definition) is 2. The summed E-state index contributed by atoms with van der Waals surface area (Å²) < 4.78 is 23.3. The number of anilines is 2. The predicted molar refractivity (Wildman–Crippen MR) is 168 cm³/mol. The Morgan fingerprint density at radius 3 is 2.78 bits per heavy atom. The molecule has 0 bridgehead atoms. The van der Waals surface area contributed by atoms with Gasteiger partial charge in [-0.2, -0.15) is 9.78 Å². The van der Waals surface area contributed by atoms with Crippen LogP contribution in [0, 0.1) is 0 Å². The quantitative estimate of drug-likeness (QED) is 0.193. The number of aryl methyl sites for hydroxylation is 1. The Kier molecular flexibility index (Phi) is 9.39. The van der Waals surface area contributed by atoms with Crippen molar-refractivity contribution >= 4 is 45.7 Å². The van der Waals surface area contributed by atoms with Gasteiger partial charge in [-0.15, -0.1) is 5.10 Å². The van der Waals surface area contributed by atoms with Crippen LogP contribution in [-0.4, -0.2) is 87.9 Å². The number of aromatic nitrogens is 5. The Hall–Kier alpha value is -5.03. The molecule has 0 saturated carbocycles. The highest BCUT2D eigenvalue weighted by Gasteiger charge is 2.28. The molecule has 3 N–H and O–H groups in total. The molecule has 46 heavy (non-hydrogen) atoms. The van der Waals surface area contributed by atoms with Gasteiger partial charge >= 0.3 is 6.09 Å². The largest absolute Gasteiger partial charge is 0.490 e. The van der Waals surface area contributed by atoms with E-state index < -0.39 is 12.0 Å². The van der Waals surface area contributed by atoms with Crippen molar-refractivity contribution in [3.63, 3.8) is 0 Å². The van der Waals surface area contributed by atoms with Crippen LogP contribution in [0.5, 0.6) is 11.5 Å². The first kappa shape index (κ1) is 31.0. The van der Waals surface area contributed by atoms with Crippen LogP contribution in [0.25, 0.3) is 5.82 Å². The molecule has 240 valence electrons. The minimum atomic E-state index is -0.599. The molecular formula is C29H31BrN10O6. The molecule has 17 heteroatoms. The number of benzene rings is 2. The topological polar surface area (TPSA) is 188 Å². The number of para-hydroxylation sites is 1. The summed E-state index contributed by atoms with van der Waals surface area (Å²) in [6.45, 7) is 4.98. The standard InChI is InChI=1S/C29H31BrN10O6/c1-2-44-23-15-18(14-20(30)25(23)45-29(42)38-10-12-43-13-11-38)16-32-34-28(41)24-22(40(37-33-24)27-26(31)35-46-36-27)17-39-9-5-7-19-6-3-4-8-21(19)39/h3-4,6,8,14-16H,2,5,7,9-13,17H2,1H3,(H2,31,35)(H,34,41)/b32-16+. The highest BCUT2D eigenvalue weighted by atomic mass is 79.9. The zero-order valence-corrected chi connectivity index (χ0v) is 26.5. The number of hydrazone groups is 1. The Bertz CT molecular complexity index is 1750. The highest BCUT2D eigenvalue weighted by Crippen LogP contribution is 2.37. The van der Waals surface area contributed by atoms with E-state index in [-0.39, 0.29) is 29.6 Å². The molecule has 1 fully saturated rings. The fraction of sp³-hybridized carbons (Fsp3) is 0.345. The molecule has 4 aromatic rings. The molecule has 0 spiro atoms. The summed E-state index contributed by atoms with van der Waals surface area (Å²) in [6.07, 6.45) is 2.84. The predicted octanol–water partition coefficient (Wildman–Crippen LogP) is 2.94. The van der Waals surface area contributed by atoms with Crippen molar-refractivity contribution in [3.05, 3.63) is 63.4 Å². The van der Waals surface area contributed by atoms with Crippen LogP contribution in [0.4, 0.5) is 16.3 Å². The van der Waals surface area contributed by atoms with Gasteiger partial charge in [0, 0.05) is 25.3 Å². The van der Waals surface area contributed by atoms with E-state index in [1.54, 1.807) is 17.0 Å². The van der Waals surface area contributed by atoms with Crippen molar-refractivity contribution in [2.75, 3.05) is 50.1 Å². The molecule has 2 aromatic carbocycles. The van der Waals surface area contributed by atoms with E-state index in [0.29, 0.717) is 54.4 Å². The summed E-state index contributed by atoms with van der Waals surface area (Å²) in [5.41, 5.74) is 11.8. The lowest BCUT2D eigenvalue weighted by atomic mass is 10.0. The van der Waals surface area contributed by atoms with Gasteiger partial charge in [-0.3, -0.25) is 4.79 Å². The summed E-state index contributed by atoms with van der Waals surface area (Å²) in [5.74, 6) is 0.0970. The number of nitrogens with zero attached hydrogens (tertiary/aromatic N) is 8. The molecule has 2 aromatic heterocycles. The molecule has 0 aliphatic carbocycles. The number of amides is 2. The van der Waals surface area contributed by atoms with E-state index in [2.05, 4.69) is 58.0 Å². The average Bonchev–Trinajstić information content (AvgIpc) is 3.68. The smallest absolute Gasteiger partial charge is 0.415 e. The number of fused-ring (bicyclic) bond motifs is 1. The molecule has 0 unspecified atom stereocenters. The van der Waals surface area contributed by atoms with Crippen LogP contribution in [0.1, 0.15) is 40.7 Å². The molecule has 4 heterocycles. The van der Waals surface area contributed by atoms with E-state index in [1.807, 2.05) is 25.1 Å². The number of nitrogens with one attached hydrogen (secondary N) is 1. The van der Waals surface area contributed by atoms with Crippen molar-refractivity contribution in [2.24, 2.45) is 5.10 Å². The lowest BCUT2D eigenvalue weighted by Crippen LogP contribution is -2.42. The maximum atomic E-state index is 13.4. The Balaban J connectivity index is 1.22. The van der Waals surface area contributed by atoms with Crippen molar-refractivity contribution in [3.8, 4) is 17.3 Å². The van der Waals surface area contributed by atoms with Gasteiger partial charge in [-0.05, 0) is 75.3 Å². The average molecular weight is 696 g/mol. The van der Waals surface area contributed by atoms with Gasteiger partial charge in [0.15, 0.2) is 17.2 Å². The van der Waals surface area contributed by atoms with Crippen LogP contribution in [0.3, 0.4) is 0 Å². The second-order valence-corrected chi connectivity index (χ2v) is 11.2. The first-order valence-corrected chi connectivity index (χ1v) is 15.4. The molecule has 0 radical (unpaired) electrons. The van der Waals surface area contributed by atoms with Crippen molar-refractivity contribution in [1.82, 2.24) is 35.6 Å². The van der Waals surface area contributed by atoms with Gasteiger partial charge in [-0.25, -0.2) is 14.8 Å². The first-order chi connectivity index (χ1) is 22.4. The minimum Gasteiger partial charge on any atom is -0.490 e. The van der Waals surface area contributed by atoms with Gasteiger partial charge < -0.3 is 29.7 Å². The van der Waals surface area contributed by atoms with Crippen LogP contribution in [0.15, 0.2) is 50.6 Å². The van der Waals surface area contributed by atoms with Crippen molar-refractivity contribution in [2.45, 2.75) is 26.3 Å². The maximum absolute atomic E-state index is 13.4. The van der Waals surface area contributed by atoms with Crippen LogP contribution in [0.2, 0.25) is 0 Å².